The van der Waals surface area contributed by atoms with Crippen molar-refractivity contribution in [3.05, 3.63) is 30.3 Å². The molecule has 1 atom stereocenters. The van der Waals surface area contributed by atoms with E-state index in [2.05, 4.69) is 6.92 Å². The van der Waals surface area contributed by atoms with E-state index in [9.17, 15) is 9.90 Å². The number of benzene rings is 1. The van der Waals surface area contributed by atoms with Gasteiger partial charge in [-0.05, 0) is 25.5 Å². The van der Waals surface area contributed by atoms with Gasteiger partial charge in [0.15, 0.2) is 0 Å². The van der Waals surface area contributed by atoms with Crippen molar-refractivity contribution < 1.29 is 19.4 Å². The van der Waals surface area contributed by atoms with Gasteiger partial charge in [-0.1, -0.05) is 109 Å². The van der Waals surface area contributed by atoms with Crippen LogP contribution in [0.25, 0.3) is 0 Å². The van der Waals surface area contributed by atoms with Crippen molar-refractivity contribution >= 4 is 5.97 Å². The summed E-state index contributed by atoms with van der Waals surface area (Å²) in [5.74, 6) is -2.12. The van der Waals surface area contributed by atoms with E-state index < -0.39 is 11.8 Å². The van der Waals surface area contributed by atoms with Crippen LogP contribution >= 0.6 is 0 Å². The summed E-state index contributed by atoms with van der Waals surface area (Å²) in [6.07, 6.45) is 18.2. The van der Waals surface area contributed by atoms with Crippen LogP contribution in [0.2, 0.25) is 0 Å². The highest BCUT2D eigenvalue weighted by Crippen LogP contribution is 2.26. The molecule has 0 aliphatic heterocycles. The van der Waals surface area contributed by atoms with Gasteiger partial charge < -0.3 is 14.6 Å². The summed E-state index contributed by atoms with van der Waals surface area (Å²) in [5.41, 5.74) is 0. The Hall–Kier alpha value is -1.55. The summed E-state index contributed by atoms with van der Waals surface area (Å²) in [5, 5.41) is 9.77. The van der Waals surface area contributed by atoms with E-state index in [0.717, 1.165) is 19.3 Å². The highest BCUT2D eigenvalue weighted by Gasteiger charge is 2.41. The molecule has 1 aromatic carbocycles. The molecule has 30 heavy (non-hydrogen) atoms. The van der Waals surface area contributed by atoms with Gasteiger partial charge in [-0.2, -0.15) is 0 Å². The smallest absolute Gasteiger partial charge is 0.377 e. The highest BCUT2D eigenvalue weighted by atomic mass is 16.7. The third-order valence-electron chi connectivity index (χ3n) is 5.59. The molecule has 1 rings (SSSR count). The maximum absolute atomic E-state index is 11.9. The highest BCUT2D eigenvalue weighted by molar-refractivity contribution is 5.76. The summed E-state index contributed by atoms with van der Waals surface area (Å²) in [6, 6.07) is 9.08. The maximum Gasteiger partial charge on any atom is 0.377 e. The average molecular weight is 421 g/mol. The summed E-state index contributed by atoms with van der Waals surface area (Å²) in [4.78, 5) is 11.9. The van der Waals surface area contributed by atoms with Crippen LogP contribution < -0.4 is 4.74 Å². The number of hydrogen-bond acceptors (Lipinski definition) is 3. The first-order chi connectivity index (χ1) is 14.6. The average Bonchev–Trinajstić information content (AvgIpc) is 2.74. The molecule has 0 saturated heterocycles. The molecule has 0 heterocycles. The second-order valence-electron chi connectivity index (χ2n) is 8.25. The predicted molar refractivity (Wildman–Crippen MR) is 124 cm³/mol. The molecule has 0 fully saturated rings. The molecule has 1 unspecified atom stereocenters. The first-order valence-corrected chi connectivity index (χ1v) is 12.3. The molecule has 4 nitrogen and oxygen atoms in total. The molecule has 0 amide bonds. The Morgan fingerprint density at radius 1 is 0.767 bits per heavy atom. The normalized spacial score (nSPS) is 13.1. The number of ether oxygens (including phenoxy) is 2. The first-order valence-electron chi connectivity index (χ1n) is 12.3. The van der Waals surface area contributed by atoms with Crippen LogP contribution in [0.5, 0.6) is 5.75 Å². The lowest BCUT2D eigenvalue weighted by Gasteiger charge is -2.30. The standard InChI is InChI=1S/C26H44O4/c1-3-5-6-7-8-9-10-11-12-13-14-15-16-20-23-26(25(27)28,29-4-2)30-24-21-18-17-19-22-24/h17-19,21-22H,3-16,20,23H2,1-2H3,(H,27,28). The molecule has 0 bridgehead atoms. The van der Waals surface area contributed by atoms with Crippen LogP contribution in [0.3, 0.4) is 0 Å². The number of para-hydroxylation sites is 1. The van der Waals surface area contributed by atoms with Gasteiger partial charge in [0.25, 0.3) is 0 Å². The monoisotopic (exact) mass is 420 g/mol. The Morgan fingerprint density at radius 3 is 1.67 bits per heavy atom. The number of carboxylic acids is 1. The minimum atomic E-state index is -1.59. The zero-order chi connectivity index (χ0) is 21.9. The number of rotatable bonds is 20. The largest absolute Gasteiger partial charge is 0.476 e. The molecule has 0 spiro atoms. The van der Waals surface area contributed by atoms with E-state index >= 15 is 0 Å². The zero-order valence-electron chi connectivity index (χ0n) is 19.4. The predicted octanol–water partition coefficient (Wildman–Crippen LogP) is 7.75. The fourth-order valence-electron chi connectivity index (χ4n) is 3.83. The molecule has 0 saturated carbocycles. The number of hydrogen-bond donors (Lipinski definition) is 1. The van der Waals surface area contributed by atoms with Gasteiger partial charge in [0.1, 0.15) is 5.75 Å². The summed E-state index contributed by atoms with van der Waals surface area (Å²) < 4.78 is 11.4. The minimum Gasteiger partial charge on any atom is -0.476 e. The van der Waals surface area contributed by atoms with Crippen molar-refractivity contribution in [1.82, 2.24) is 0 Å². The van der Waals surface area contributed by atoms with Crippen molar-refractivity contribution in [1.29, 1.82) is 0 Å². The molecule has 0 aliphatic rings. The number of aliphatic carboxylic acids is 1. The van der Waals surface area contributed by atoms with Gasteiger partial charge in [0.05, 0.1) is 0 Å². The van der Waals surface area contributed by atoms with E-state index in [4.69, 9.17) is 9.47 Å². The molecule has 0 aromatic heterocycles. The quantitative estimate of drug-likeness (QED) is 0.173. The number of unbranched alkanes of at least 4 members (excludes halogenated alkanes) is 13. The Morgan fingerprint density at radius 2 is 1.23 bits per heavy atom. The van der Waals surface area contributed by atoms with Crippen LogP contribution in [-0.2, 0) is 9.53 Å². The summed E-state index contributed by atoms with van der Waals surface area (Å²) >= 11 is 0. The lowest BCUT2D eigenvalue weighted by atomic mass is 10.0. The van der Waals surface area contributed by atoms with E-state index in [-0.39, 0.29) is 0 Å². The fourth-order valence-corrected chi connectivity index (χ4v) is 3.83. The number of carbonyl (C=O) groups is 1. The van der Waals surface area contributed by atoms with Gasteiger partial charge in [-0.15, -0.1) is 0 Å². The van der Waals surface area contributed by atoms with Crippen molar-refractivity contribution in [2.24, 2.45) is 0 Å². The Bertz CT molecular complexity index is 531. The maximum atomic E-state index is 11.9. The third kappa shape index (κ3) is 11.6. The van der Waals surface area contributed by atoms with E-state index in [1.54, 1.807) is 19.1 Å². The van der Waals surface area contributed by atoms with Gasteiger partial charge in [-0.25, -0.2) is 4.79 Å². The molecule has 4 heteroatoms. The second-order valence-corrected chi connectivity index (χ2v) is 8.25. The molecular weight excluding hydrogens is 376 g/mol. The van der Waals surface area contributed by atoms with Gasteiger partial charge >= 0.3 is 11.8 Å². The molecule has 172 valence electrons. The van der Waals surface area contributed by atoms with E-state index in [1.807, 2.05) is 18.2 Å². The van der Waals surface area contributed by atoms with Gasteiger partial charge in [0.2, 0.25) is 0 Å². The molecule has 1 aromatic rings. The first kappa shape index (κ1) is 26.5. The van der Waals surface area contributed by atoms with Crippen LogP contribution in [0.15, 0.2) is 30.3 Å². The Kier molecular flexibility index (Phi) is 15.2. The second kappa shape index (κ2) is 17.2. The van der Waals surface area contributed by atoms with Crippen molar-refractivity contribution in [2.75, 3.05) is 6.61 Å². The molecular formula is C26H44O4. The summed E-state index contributed by atoms with van der Waals surface area (Å²) in [7, 11) is 0. The summed E-state index contributed by atoms with van der Waals surface area (Å²) in [6.45, 7) is 4.37. The molecule has 0 aliphatic carbocycles. The molecule has 1 N–H and O–H groups in total. The van der Waals surface area contributed by atoms with Gasteiger partial charge in [-0.3, -0.25) is 0 Å². The lowest BCUT2D eigenvalue weighted by molar-refractivity contribution is -0.213. The Balaban J connectivity index is 2.16. The third-order valence-corrected chi connectivity index (χ3v) is 5.59. The Labute approximate surface area is 184 Å². The SMILES string of the molecule is CCCCCCCCCCCCCCCCC(OCC)(Oc1ccccc1)C(=O)O. The molecule has 0 radical (unpaired) electrons. The van der Waals surface area contributed by atoms with Crippen molar-refractivity contribution in [2.45, 2.75) is 116 Å². The van der Waals surface area contributed by atoms with Gasteiger partial charge in [0, 0.05) is 13.0 Å². The minimum absolute atomic E-state index is 0.303. The van der Waals surface area contributed by atoms with E-state index in [1.165, 1.54) is 70.6 Å². The van der Waals surface area contributed by atoms with Crippen LogP contribution in [0.1, 0.15) is 110 Å². The zero-order valence-corrected chi connectivity index (χ0v) is 19.4. The fraction of sp³-hybridized carbons (Fsp3) is 0.731. The van der Waals surface area contributed by atoms with Crippen molar-refractivity contribution in [3.8, 4) is 5.75 Å². The van der Waals surface area contributed by atoms with E-state index in [0.29, 0.717) is 18.8 Å². The lowest BCUT2D eigenvalue weighted by Crippen LogP contribution is -2.47. The van der Waals surface area contributed by atoms with Crippen LogP contribution in [0.4, 0.5) is 0 Å². The van der Waals surface area contributed by atoms with Crippen LogP contribution in [0, 0.1) is 0 Å². The van der Waals surface area contributed by atoms with Crippen molar-refractivity contribution in [3.63, 3.8) is 0 Å². The topological polar surface area (TPSA) is 55.8 Å². The number of carboxylic acid groups (broad SMARTS) is 1. The van der Waals surface area contributed by atoms with Crippen LogP contribution in [-0.4, -0.2) is 23.5 Å².